The normalized spacial score (nSPS) is 15.5. The molecule has 0 aromatic rings. The summed E-state index contributed by atoms with van der Waals surface area (Å²) in [5.41, 5.74) is 2.18. The van der Waals surface area contributed by atoms with Gasteiger partial charge in [0.05, 0.1) is 9.12 Å². The Hall–Kier alpha value is -0.120. The number of nitrogens with zero attached hydrogens (tertiary/aromatic N) is 1. The van der Waals surface area contributed by atoms with Crippen molar-refractivity contribution in [1.29, 1.82) is 0 Å². The summed E-state index contributed by atoms with van der Waals surface area (Å²) in [7, 11) is 0. The van der Waals surface area contributed by atoms with Gasteiger partial charge in [-0.15, -0.1) is 0 Å². The molecule has 0 aliphatic rings. The Kier molecular flexibility index (Phi) is 5.53. The lowest BCUT2D eigenvalue weighted by Crippen LogP contribution is -2.12. The summed E-state index contributed by atoms with van der Waals surface area (Å²) in [5.74, 6) is 0. The van der Waals surface area contributed by atoms with Crippen molar-refractivity contribution in [1.82, 2.24) is 0 Å². The van der Waals surface area contributed by atoms with E-state index in [-0.39, 0.29) is 3.42 Å². The maximum atomic E-state index is 4.54. The Balaban J connectivity index is 4.76. The van der Waals surface area contributed by atoms with Crippen LogP contribution in [0.15, 0.2) is 28.9 Å². The van der Waals surface area contributed by atoms with Crippen molar-refractivity contribution in [3.63, 3.8) is 0 Å². The first-order chi connectivity index (χ1) is 5.91. The molecule has 0 aliphatic carbocycles. The fourth-order valence-corrected chi connectivity index (χ4v) is 1.44. The van der Waals surface area contributed by atoms with Gasteiger partial charge in [-0.25, -0.2) is 0 Å². The molecule has 0 unspecified atom stereocenters. The second-order valence-corrected chi connectivity index (χ2v) is 6.10. The molecule has 0 spiro atoms. The minimum Gasteiger partial charge on any atom is -0.257 e. The number of allylic oxidation sites excluding steroid dienone is 4. The van der Waals surface area contributed by atoms with Crippen molar-refractivity contribution >= 4 is 28.3 Å². The van der Waals surface area contributed by atoms with Crippen molar-refractivity contribution in [2.45, 2.75) is 38.0 Å². The third kappa shape index (κ3) is 5.24. The van der Waals surface area contributed by atoms with E-state index in [1.807, 2.05) is 32.9 Å². The Morgan fingerprint density at radius 2 is 1.85 bits per heavy atom. The van der Waals surface area contributed by atoms with Crippen LogP contribution in [0.5, 0.6) is 0 Å². The Morgan fingerprint density at radius 1 is 1.31 bits per heavy atom. The van der Waals surface area contributed by atoms with E-state index in [0.717, 1.165) is 11.4 Å². The number of halogens is 1. The Bertz CT molecular complexity index is 241. The highest BCUT2D eigenvalue weighted by atomic mass is 127. The molecule has 0 saturated heterocycles. The molecule has 0 saturated carbocycles. The number of hydrogen-bond acceptors (Lipinski definition) is 1. The molecule has 13 heavy (non-hydrogen) atoms. The lowest BCUT2D eigenvalue weighted by Gasteiger charge is -2.17. The summed E-state index contributed by atoms with van der Waals surface area (Å²) in [6.45, 7) is 10.4. The van der Waals surface area contributed by atoms with Crippen molar-refractivity contribution in [2.75, 3.05) is 0 Å². The average molecular weight is 291 g/mol. The van der Waals surface area contributed by atoms with Crippen LogP contribution in [0.2, 0.25) is 0 Å². The molecule has 2 heteroatoms. The van der Waals surface area contributed by atoms with E-state index < -0.39 is 0 Å². The SMILES string of the molecule is C\C=C/C(C)=N\C(=C/C)C(C)(C)I. The molecule has 0 aromatic heterocycles. The minimum absolute atomic E-state index is 0.106. The van der Waals surface area contributed by atoms with Crippen molar-refractivity contribution in [3.05, 3.63) is 23.9 Å². The van der Waals surface area contributed by atoms with Gasteiger partial charge < -0.3 is 0 Å². The highest BCUT2D eigenvalue weighted by Crippen LogP contribution is 2.27. The maximum absolute atomic E-state index is 4.54. The van der Waals surface area contributed by atoms with E-state index in [1.165, 1.54) is 0 Å². The van der Waals surface area contributed by atoms with Crippen LogP contribution < -0.4 is 0 Å². The first-order valence-electron chi connectivity index (χ1n) is 4.45. The molecule has 0 amide bonds. The van der Waals surface area contributed by atoms with E-state index in [9.17, 15) is 0 Å². The van der Waals surface area contributed by atoms with Gasteiger partial charge in [-0.1, -0.05) is 34.7 Å². The average Bonchev–Trinajstić information content (AvgIpc) is 1.98. The van der Waals surface area contributed by atoms with Gasteiger partial charge in [-0.05, 0) is 40.7 Å². The molecule has 74 valence electrons. The number of rotatable bonds is 3. The van der Waals surface area contributed by atoms with Gasteiger partial charge in [0.1, 0.15) is 0 Å². The van der Waals surface area contributed by atoms with Crippen molar-refractivity contribution in [2.24, 2.45) is 4.99 Å². The first kappa shape index (κ1) is 12.9. The minimum atomic E-state index is 0.106. The topological polar surface area (TPSA) is 12.4 Å². The van der Waals surface area contributed by atoms with Crippen LogP contribution in [0.25, 0.3) is 0 Å². The van der Waals surface area contributed by atoms with Crippen LogP contribution in [0, 0.1) is 0 Å². The van der Waals surface area contributed by atoms with Gasteiger partial charge >= 0.3 is 0 Å². The molecule has 0 N–H and O–H groups in total. The smallest absolute Gasteiger partial charge is 0.0583 e. The third-order valence-electron chi connectivity index (χ3n) is 1.59. The highest BCUT2D eigenvalue weighted by molar-refractivity contribution is 14.1. The summed E-state index contributed by atoms with van der Waals surface area (Å²) in [4.78, 5) is 4.54. The summed E-state index contributed by atoms with van der Waals surface area (Å²) in [6.07, 6.45) is 6.09. The van der Waals surface area contributed by atoms with Crippen LogP contribution in [0.3, 0.4) is 0 Å². The van der Waals surface area contributed by atoms with Crippen LogP contribution in [0.1, 0.15) is 34.6 Å². The maximum Gasteiger partial charge on any atom is 0.0583 e. The van der Waals surface area contributed by atoms with Crippen LogP contribution in [-0.2, 0) is 0 Å². The second-order valence-electron chi connectivity index (χ2n) is 3.40. The fourth-order valence-electron chi connectivity index (χ4n) is 1.01. The lowest BCUT2D eigenvalue weighted by atomic mass is 10.1. The fraction of sp³-hybridized carbons (Fsp3) is 0.545. The molecular formula is C11H18IN. The number of hydrogen-bond donors (Lipinski definition) is 0. The van der Waals surface area contributed by atoms with Crippen LogP contribution in [-0.4, -0.2) is 9.13 Å². The number of alkyl halides is 1. The third-order valence-corrected chi connectivity index (χ3v) is 2.14. The summed E-state index contributed by atoms with van der Waals surface area (Å²) >= 11 is 2.40. The van der Waals surface area contributed by atoms with E-state index in [4.69, 9.17) is 0 Å². The summed E-state index contributed by atoms with van der Waals surface area (Å²) < 4.78 is 0.106. The van der Waals surface area contributed by atoms with E-state index >= 15 is 0 Å². The zero-order valence-electron chi connectivity index (χ0n) is 9.06. The molecule has 0 aromatic carbocycles. The van der Waals surface area contributed by atoms with Gasteiger partial charge in [0.2, 0.25) is 0 Å². The van der Waals surface area contributed by atoms with E-state index in [0.29, 0.717) is 0 Å². The zero-order chi connectivity index (χ0) is 10.5. The molecule has 0 atom stereocenters. The van der Waals surface area contributed by atoms with E-state index in [2.05, 4.69) is 47.5 Å². The predicted octanol–water partition coefficient (Wildman–Crippen LogP) is 4.14. The number of aliphatic imine (C=N–C) groups is 1. The van der Waals surface area contributed by atoms with Crippen molar-refractivity contribution in [3.8, 4) is 0 Å². The highest BCUT2D eigenvalue weighted by Gasteiger charge is 2.17. The molecule has 1 nitrogen and oxygen atoms in total. The Labute approximate surface area is 95.2 Å². The molecule has 0 heterocycles. The van der Waals surface area contributed by atoms with Gasteiger partial charge in [0.25, 0.3) is 0 Å². The second kappa shape index (κ2) is 5.58. The van der Waals surface area contributed by atoms with E-state index in [1.54, 1.807) is 0 Å². The molecule has 0 fully saturated rings. The zero-order valence-corrected chi connectivity index (χ0v) is 11.2. The van der Waals surface area contributed by atoms with Gasteiger partial charge in [-0.3, -0.25) is 4.99 Å². The van der Waals surface area contributed by atoms with Gasteiger partial charge in [0, 0.05) is 5.71 Å². The van der Waals surface area contributed by atoms with Crippen LogP contribution >= 0.6 is 22.6 Å². The monoisotopic (exact) mass is 291 g/mol. The lowest BCUT2D eigenvalue weighted by molar-refractivity contribution is 0.856. The largest absolute Gasteiger partial charge is 0.257 e. The van der Waals surface area contributed by atoms with Gasteiger partial charge in [0.15, 0.2) is 0 Å². The summed E-state index contributed by atoms with van der Waals surface area (Å²) in [5, 5.41) is 0. The molecule has 0 bridgehead atoms. The molecular weight excluding hydrogens is 273 g/mol. The first-order valence-corrected chi connectivity index (χ1v) is 5.53. The quantitative estimate of drug-likeness (QED) is 0.421. The standard InChI is InChI=1S/C11H18IN/c1-6-8-9(3)13-10(7-2)11(4,5)12/h6-8H,1-5H3/b8-6-,10-7-,13-9-. The molecule has 0 aliphatic heterocycles. The Morgan fingerprint density at radius 3 is 2.15 bits per heavy atom. The van der Waals surface area contributed by atoms with Gasteiger partial charge in [-0.2, -0.15) is 0 Å². The molecule has 0 rings (SSSR count). The van der Waals surface area contributed by atoms with Crippen molar-refractivity contribution < 1.29 is 0 Å². The predicted molar refractivity (Wildman–Crippen MR) is 69.8 cm³/mol. The molecule has 0 radical (unpaired) electrons. The van der Waals surface area contributed by atoms with Crippen LogP contribution in [0.4, 0.5) is 0 Å². The summed E-state index contributed by atoms with van der Waals surface area (Å²) in [6, 6.07) is 0.